The van der Waals surface area contributed by atoms with E-state index in [1.54, 1.807) is 18.5 Å². The zero-order chi connectivity index (χ0) is 13.7. The summed E-state index contributed by atoms with van der Waals surface area (Å²) < 4.78 is 0. The molecule has 0 aliphatic rings. The maximum atomic E-state index is 9.15. The van der Waals surface area contributed by atoms with Gasteiger partial charge in [-0.25, -0.2) is 0 Å². The molecule has 4 heteroatoms. The van der Waals surface area contributed by atoms with Gasteiger partial charge in [-0.1, -0.05) is 18.2 Å². The standard InChI is InChI=1S/C15H16N4/c1-2-19(11-13-5-3-4-6-14(13)17)15-10-18-8-7-12(15)9-16/h3-8,10H,2,11,17H2,1H3. The molecule has 2 rings (SSSR count). The van der Waals surface area contributed by atoms with Crippen LogP contribution in [0.15, 0.2) is 42.7 Å². The van der Waals surface area contributed by atoms with Gasteiger partial charge in [-0.3, -0.25) is 4.98 Å². The van der Waals surface area contributed by atoms with E-state index >= 15 is 0 Å². The molecule has 0 amide bonds. The van der Waals surface area contributed by atoms with Crippen molar-refractivity contribution in [2.75, 3.05) is 17.2 Å². The van der Waals surface area contributed by atoms with Gasteiger partial charge in [0.05, 0.1) is 17.4 Å². The van der Waals surface area contributed by atoms with Crippen LogP contribution in [-0.2, 0) is 6.54 Å². The maximum Gasteiger partial charge on any atom is 0.101 e. The van der Waals surface area contributed by atoms with Crippen molar-refractivity contribution in [1.82, 2.24) is 4.98 Å². The van der Waals surface area contributed by atoms with Crippen molar-refractivity contribution in [1.29, 1.82) is 5.26 Å². The Morgan fingerprint density at radius 1 is 1.32 bits per heavy atom. The number of nitrogen functional groups attached to an aromatic ring is 1. The van der Waals surface area contributed by atoms with E-state index in [4.69, 9.17) is 11.0 Å². The van der Waals surface area contributed by atoms with Gasteiger partial charge in [0.2, 0.25) is 0 Å². The van der Waals surface area contributed by atoms with E-state index in [2.05, 4.69) is 16.0 Å². The molecule has 1 aromatic carbocycles. The fourth-order valence-corrected chi connectivity index (χ4v) is 1.98. The predicted octanol–water partition coefficient (Wildman–Crippen LogP) is 2.56. The quantitative estimate of drug-likeness (QED) is 0.849. The van der Waals surface area contributed by atoms with Crippen LogP contribution in [0.25, 0.3) is 0 Å². The van der Waals surface area contributed by atoms with Crippen molar-refractivity contribution < 1.29 is 0 Å². The molecule has 0 radical (unpaired) electrons. The predicted molar refractivity (Wildman–Crippen MR) is 76.5 cm³/mol. The second-order valence-electron chi connectivity index (χ2n) is 4.22. The van der Waals surface area contributed by atoms with Crippen LogP contribution in [-0.4, -0.2) is 11.5 Å². The number of anilines is 2. The molecule has 2 N–H and O–H groups in total. The molecule has 0 fully saturated rings. The van der Waals surface area contributed by atoms with Crippen molar-refractivity contribution in [3.63, 3.8) is 0 Å². The highest BCUT2D eigenvalue weighted by atomic mass is 15.1. The molecular weight excluding hydrogens is 236 g/mol. The van der Waals surface area contributed by atoms with Crippen LogP contribution in [0.2, 0.25) is 0 Å². The van der Waals surface area contributed by atoms with Gasteiger partial charge in [-0.05, 0) is 24.6 Å². The Morgan fingerprint density at radius 3 is 2.79 bits per heavy atom. The topological polar surface area (TPSA) is 65.9 Å². The minimum absolute atomic E-state index is 0.631. The molecule has 96 valence electrons. The molecule has 4 nitrogen and oxygen atoms in total. The zero-order valence-corrected chi connectivity index (χ0v) is 10.9. The van der Waals surface area contributed by atoms with Crippen LogP contribution in [0, 0.1) is 11.3 Å². The first-order valence-corrected chi connectivity index (χ1v) is 6.18. The average Bonchev–Trinajstić information content (AvgIpc) is 2.46. The summed E-state index contributed by atoms with van der Waals surface area (Å²) in [7, 11) is 0. The maximum absolute atomic E-state index is 9.15. The number of pyridine rings is 1. The van der Waals surface area contributed by atoms with Gasteiger partial charge in [-0.15, -0.1) is 0 Å². The first-order valence-electron chi connectivity index (χ1n) is 6.18. The summed E-state index contributed by atoms with van der Waals surface area (Å²) in [6.45, 7) is 3.51. The largest absolute Gasteiger partial charge is 0.398 e. The average molecular weight is 252 g/mol. The van der Waals surface area contributed by atoms with Gasteiger partial charge in [0.15, 0.2) is 0 Å². The van der Waals surface area contributed by atoms with Crippen LogP contribution in [0.4, 0.5) is 11.4 Å². The number of hydrogen-bond donors (Lipinski definition) is 1. The van der Waals surface area contributed by atoms with E-state index < -0.39 is 0 Å². The first-order chi connectivity index (χ1) is 9.26. The molecule has 0 bridgehead atoms. The van der Waals surface area contributed by atoms with Crippen molar-refractivity contribution >= 4 is 11.4 Å². The summed E-state index contributed by atoms with van der Waals surface area (Å²) >= 11 is 0. The Labute approximate surface area is 113 Å². The summed E-state index contributed by atoms with van der Waals surface area (Å²) in [5, 5.41) is 9.15. The van der Waals surface area contributed by atoms with Crippen molar-refractivity contribution in [2.45, 2.75) is 13.5 Å². The van der Waals surface area contributed by atoms with E-state index in [0.29, 0.717) is 12.1 Å². The van der Waals surface area contributed by atoms with E-state index in [9.17, 15) is 0 Å². The van der Waals surface area contributed by atoms with Crippen LogP contribution in [0.1, 0.15) is 18.1 Å². The number of hydrogen-bond acceptors (Lipinski definition) is 4. The Hall–Kier alpha value is -2.54. The molecule has 0 aliphatic carbocycles. The third-order valence-electron chi connectivity index (χ3n) is 3.06. The number of nitrogens with zero attached hydrogens (tertiary/aromatic N) is 3. The van der Waals surface area contributed by atoms with E-state index in [0.717, 1.165) is 23.5 Å². The summed E-state index contributed by atoms with van der Waals surface area (Å²) in [5.74, 6) is 0. The molecule has 0 unspecified atom stereocenters. The van der Waals surface area contributed by atoms with Crippen molar-refractivity contribution in [3.8, 4) is 6.07 Å². The second kappa shape index (κ2) is 5.87. The molecule has 1 heterocycles. The van der Waals surface area contributed by atoms with Crippen LogP contribution in [0.5, 0.6) is 0 Å². The Kier molecular flexibility index (Phi) is 3.99. The van der Waals surface area contributed by atoms with E-state index in [1.165, 1.54) is 0 Å². The molecule has 0 aliphatic heterocycles. The number of nitrogens with two attached hydrogens (primary N) is 1. The lowest BCUT2D eigenvalue weighted by Crippen LogP contribution is -2.23. The molecule has 0 saturated heterocycles. The Balaban J connectivity index is 2.31. The Morgan fingerprint density at radius 2 is 2.11 bits per heavy atom. The zero-order valence-electron chi connectivity index (χ0n) is 10.9. The van der Waals surface area contributed by atoms with Crippen LogP contribution < -0.4 is 10.6 Å². The van der Waals surface area contributed by atoms with Crippen molar-refractivity contribution in [3.05, 3.63) is 53.9 Å². The molecule has 2 aromatic rings. The highest BCUT2D eigenvalue weighted by molar-refractivity contribution is 5.59. The van der Waals surface area contributed by atoms with Gasteiger partial charge in [0.1, 0.15) is 6.07 Å². The lowest BCUT2D eigenvalue weighted by atomic mass is 10.1. The SMILES string of the molecule is CCN(Cc1ccccc1N)c1cnccc1C#N. The van der Waals surface area contributed by atoms with Crippen LogP contribution >= 0.6 is 0 Å². The minimum atomic E-state index is 0.631. The molecule has 1 aromatic heterocycles. The summed E-state index contributed by atoms with van der Waals surface area (Å²) in [4.78, 5) is 6.20. The molecule has 0 saturated carbocycles. The van der Waals surface area contributed by atoms with E-state index in [-0.39, 0.29) is 0 Å². The van der Waals surface area contributed by atoms with Gasteiger partial charge in [-0.2, -0.15) is 5.26 Å². The van der Waals surface area contributed by atoms with Gasteiger partial charge < -0.3 is 10.6 Å². The monoisotopic (exact) mass is 252 g/mol. The Bertz CT molecular complexity index is 601. The van der Waals surface area contributed by atoms with Crippen LogP contribution in [0.3, 0.4) is 0 Å². The van der Waals surface area contributed by atoms with Gasteiger partial charge in [0.25, 0.3) is 0 Å². The number of aromatic nitrogens is 1. The lowest BCUT2D eigenvalue weighted by Gasteiger charge is -2.24. The molecular formula is C15H16N4. The number of benzene rings is 1. The fourth-order valence-electron chi connectivity index (χ4n) is 1.98. The minimum Gasteiger partial charge on any atom is -0.398 e. The highest BCUT2D eigenvalue weighted by Crippen LogP contribution is 2.22. The smallest absolute Gasteiger partial charge is 0.101 e. The third kappa shape index (κ3) is 2.83. The molecule has 0 spiro atoms. The highest BCUT2D eigenvalue weighted by Gasteiger charge is 2.11. The number of para-hydroxylation sites is 1. The lowest BCUT2D eigenvalue weighted by molar-refractivity contribution is 0.828. The molecule has 0 atom stereocenters. The fraction of sp³-hybridized carbons (Fsp3) is 0.200. The third-order valence-corrected chi connectivity index (χ3v) is 3.06. The number of rotatable bonds is 4. The summed E-state index contributed by atoms with van der Waals surface area (Å²) in [6, 6.07) is 11.7. The second-order valence-corrected chi connectivity index (χ2v) is 4.22. The summed E-state index contributed by atoms with van der Waals surface area (Å²) in [5.41, 5.74) is 9.26. The van der Waals surface area contributed by atoms with Gasteiger partial charge >= 0.3 is 0 Å². The summed E-state index contributed by atoms with van der Waals surface area (Å²) in [6.07, 6.45) is 3.36. The van der Waals surface area contributed by atoms with E-state index in [1.807, 2.05) is 31.2 Å². The molecule has 19 heavy (non-hydrogen) atoms. The van der Waals surface area contributed by atoms with Crippen molar-refractivity contribution in [2.24, 2.45) is 0 Å². The number of nitriles is 1. The van der Waals surface area contributed by atoms with Gasteiger partial charge in [0, 0.05) is 25.0 Å². The normalized spacial score (nSPS) is 9.89. The first kappa shape index (κ1) is 12.9.